The lowest BCUT2D eigenvalue weighted by Crippen LogP contribution is -2.20. The molecule has 2 aromatic rings. The van der Waals surface area contributed by atoms with Crippen molar-refractivity contribution in [2.75, 3.05) is 0 Å². The first kappa shape index (κ1) is 14.7. The maximum atomic E-state index is 4.38. The molecule has 0 saturated carbocycles. The van der Waals surface area contributed by atoms with Gasteiger partial charge in [0.15, 0.2) is 0 Å². The Balaban J connectivity index is 2.09. The van der Waals surface area contributed by atoms with Crippen molar-refractivity contribution >= 4 is 0 Å². The average molecular weight is 269 g/mol. The Labute approximate surface area is 121 Å². The molecule has 0 fully saturated rings. The van der Waals surface area contributed by atoms with E-state index in [0.717, 1.165) is 17.9 Å². The van der Waals surface area contributed by atoms with Gasteiger partial charge in [0.05, 0.1) is 11.4 Å². The Kier molecular flexibility index (Phi) is 4.50. The number of nitrogens with one attached hydrogen (secondary N) is 1. The highest BCUT2D eigenvalue weighted by Crippen LogP contribution is 2.23. The second kappa shape index (κ2) is 6.14. The van der Waals surface area contributed by atoms with E-state index in [4.69, 9.17) is 0 Å². The van der Waals surface area contributed by atoms with Crippen molar-refractivity contribution in [3.05, 3.63) is 58.2 Å². The summed E-state index contributed by atoms with van der Waals surface area (Å²) >= 11 is 0. The predicted molar refractivity (Wildman–Crippen MR) is 82.7 cm³/mol. The van der Waals surface area contributed by atoms with Crippen LogP contribution in [0.15, 0.2) is 24.5 Å². The van der Waals surface area contributed by atoms with Gasteiger partial charge in [0.1, 0.15) is 0 Å². The van der Waals surface area contributed by atoms with E-state index in [1.807, 2.05) is 19.3 Å². The molecule has 0 aliphatic heterocycles. The minimum atomic E-state index is 0.304. The van der Waals surface area contributed by atoms with Crippen molar-refractivity contribution in [2.24, 2.45) is 0 Å². The molecule has 0 aliphatic rings. The number of hydrogen-bond donors (Lipinski definition) is 1. The van der Waals surface area contributed by atoms with Crippen LogP contribution in [-0.4, -0.2) is 9.97 Å². The Bertz CT molecular complexity index is 565. The monoisotopic (exact) mass is 269 g/mol. The summed E-state index contributed by atoms with van der Waals surface area (Å²) in [6, 6.07) is 4.79. The van der Waals surface area contributed by atoms with E-state index >= 15 is 0 Å². The van der Waals surface area contributed by atoms with E-state index in [9.17, 15) is 0 Å². The fourth-order valence-corrected chi connectivity index (χ4v) is 2.74. The summed E-state index contributed by atoms with van der Waals surface area (Å²) in [4.78, 5) is 8.65. The van der Waals surface area contributed by atoms with Crippen LogP contribution < -0.4 is 5.32 Å². The molecule has 1 heterocycles. The minimum Gasteiger partial charge on any atom is -0.304 e. The molecule has 1 atom stereocenters. The van der Waals surface area contributed by atoms with Crippen LogP contribution in [-0.2, 0) is 6.54 Å². The van der Waals surface area contributed by atoms with Gasteiger partial charge in [-0.05, 0) is 51.3 Å². The van der Waals surface area contributed by atoms with Gasteiger partial charge in [-0.15, -0.1) is 0 Å². The van der Waals surface area contributed by atoms with Crippen LogP contribution >= 0.6 is 0 Å². The van der Waals surface area contributed by atoms with E-state index in [2.05, 4.69) is 55.1 Å². The van der Waals surface area contributed by atoms with Gasteiger partial charge in [-0.3, -0.25) is 9.97 Å². The standard InChI is InChI=1S/C17H23N3/c1-11-6-12(2)17(13(3)7-11)15(5)19-10-16-9-18-14(4)8-20-16/h6-9,15,19H,10H2,1-5H3. The molecule has 0 radical (unpaired) electrons. The average Bonchev–Trinajstić information content (AvgIpc) is 2.37. The van der Waals surface area contributed by atoms with Gasteiger partial charge in [0.2, 0.25) is 0 Å². The van der Waals surface area contributed by atoms with Crippen molar-refractivity contribution in [2.45, 2.75) is 47.2 Å². The molecule has 1 aromatic heterocycles. The van der Waals surface area contributed by atoms with Crippen molar-refractivity contribution in [1.29, 1.82) is 0 Å². The molecule has 0 amide bonds. The first-order valence-corrected chi connectivity index (χ1v) is 7.06. The summed E-state index contributed by atoms with van der Waals surface area (Å²) in [5.41, 5.74) is 7.32. The summed E-state index contributed by atoms with van der Waals surface area (Å²) in [6.45, 7) is 11.4. The highest BCUT2D eigenvalue weighted by Gasteiger charge is 2.11. The molecular weight excluding hydrogens is 246 g/mol. The van der Waals surface area contributed by atoms with E-state index in [1.165, 1.54) is 22.3 Å². The van der Waals surface area contributed by atoms with Gasteiger partial charge in [-0.1, -0.05) is 17.7 Å². The van der Waals surface area contributed by atoms with Gasteiger partial charge in [0, 0.05) is 25.0 Å². The van der Waals surface area contributed by atoms with Gasteiger partial charge in [0.25, 0.3) is 0 Å². The van der Waals surface area contributed by atoms with E-state index < -0.39 is 0 Å². The molecule has 1 unspecified atom stereocenters. The van der Waals surface area contributed by atoms with Gasteiger partial charge >= 0.3 is 0 Å². The first-order chi connectivity index (χ1) is 9.47. The normalized spacial score (nSPS) is 12.4. The van der Waals surface area contributed by atoms with Crippen LogP contribution in [0.3, 0.4) is 0 Å². The van der Waals surface area contributed by atoms with Gasteiger partial charge < -0.3 is 5.32 Å². The summed E-state index contributed by atoms with van der Waals surface area (Å²) in [5.74, 6) is 0. The van der Waals surface area contributed by atoms with Crippen molar-refractivity contribution < 1.29 is 0 Å². The van der Waals surface area contributed by atoms with Crippen LogP contribution in [0.1, 0.15) is 46.6 Å². The molecule has 0 spiro atoms. The lowest BCUT2D eigenvalue weighted by molar-refractivity contribution is 0.561. The molecule has 106 valence electrons. The third-order valence-corrected chi connectivity index (χ3v) is 3.59. The molecular formula is C17H23N3. The molecule has 0 bridgehead atoms. The molecule has 20 heavy (non-hydrogen) atoms. The Morgan fingerprint density at radius 3 is 2.20 bits per heavy atom. The molecule has 3 heteroatoms. The van der Waals surface area contributed by atoms with Crippen LogP contribution in [0.25, 0.3) is 0 Å². The Hall–Kier alpha value is -1.74. The third kappa shape index (κ3) is 3.42. The highest BCUT2D eigenvalue weighted by atomic mass is 14.9. The third-order valence-electron chi connectivity index (χ3n) is 3.59. The summed E-state index contributed by atoms with van der Waals surface area (Å²) in [5, 5.41) is 3.53. The van der Waals surface area contributed by atoms with Crippen LogP contribution in [0.2, 0.25) is 0 Å². The maximum absolute atomic E-state index is 4.38. The molecule has 0 aliphatic carbocycles. The smallest absolute Gasteiger partial charge is 0.0724 e. The van der Waals surface area contributed by atoms with E-state index in [0.29, 0.717) is 6.04 Å². The maximum Gasteiger partial charge on any atom is 0.0724 e. The van der Waals surface area contributed by atoms with E-state index in [-0.39, 0.29) is 0 Å². The number of aryl methyl sites for hydroxylation is 4. The highest BCUT2D eigenvalue weighted by molar-refractivity contribution is 5.39. The van der Waals surface area contributed by atoms with E-state index in [1.54, 1.807) is 0 Å². The zero-order valence-electron chi connectivity index (χ0n) is 13.0. The van der Waals surface area contributed by atoms with Crippen LogP contribution in [0.5, 0.6) is 0 Å². The fraction of sp³-hybridized carbons (Fsp3) is 0.412. The largest absolute Gasteiger partial charge is 0.304 e. The fourth-order valence-electron chi connectivity index (χ4n) is 2.74. The lowest BCUT2D eigenvalue weighted by Gasteiger charge is -2.19. The van der Waals surface area contributed by atoms with Crippen LogP contribution in [0.4, 0.5) is 0 Å². The van der Waals surface area contributed by atoms with Crippen molar-refractivity contribution in [3.63, 3.8) is 0 Å². The molecule has 3 nitrogen and oxygen atoms in total. The topological polar surface area (TPSA) is 37.8 Å². The second-order valence-corrected chi connectivity index (χ2v) is 5.56. The SMILES string of the molecule is Cc1cc(C)c(C(C)NCc2cnc(C)cn2)c(C)c1. The molecule has 0 saturated heterocycles. The molecule has 1 N–H and O–H groups in total. The van der Waals surface area contributed by atoms with Crippen LogP contribution in [0, 0.1) is 27.7 Å². The second-order valence-electron chi connectivity index (χ2n) is 5.56. The Morgan fingerprint density at radius 1 is 1.00 bits per heavy atom. The quantitative estimate of drug-likeness (QED) is 0.922. The van der Waals surface area contributed by atoms with Crippen molar-refractivity contribution in [3.8, 4) is 0 Å². The zero-order chi connectivity index (χ0) is 14.7. The van der Waals surface area contributed by atoms with Gasteiger partial charge in [-0.25, -0.2) is 0 Å². The number of nitrogens with zero attached hydrogens (tertiary/aromatic N) is 2. The summed E-state index contributed by atoms with van der Waals surface area (Å²) in [7, 11) is 0. The molecule has 1 aromatic carbocycles. The number of hydrogen-bond acceptors (Lipinski definition) is 3. The zero-order valence-corrected chi connectivity index (χ0v) is 13.0. The van der Waals surface area contributed by atoms with Crippen molar-refractivity contribution in [1.82, 2.24) is 15.3 Å². The first-order valence-electron chi connectivity index (χ1n) is 7.06. The number of rotatable bonds is 4. The number of benzene rings is 1. The summed E-state index contributed by atoms with van der Waals surface area (Å²) in [6.07, 6.45) is 3.65. The summed E-state index contributed by atoms with van der Waals surface area (Å²) < 4.78 is 0. The lowest BCUT2D eigenvalue weighted by atomic mass is 9.95. The minimum absolute atomic E-state index is 0.304. The Morgan fingerprint density at radius 2 is 1.65 bits per heavy atom. The molecule has 2 rings (SSSR count). The number of aromatic nitrogens is 2. The van der Waals surface area contributed by atoms with Gasteiger partial charge in [-0.2, -0.15) is 0 Å². The predicted octanol–water partition coefficient (Wildman–Crippen LogP) is 3.56.